The molecular weight excluding hydrogens is 322 g/mol. The van der Waals surface area contributed by atoms with Crippen molar-refractivity contribution >= 4 is 21.6 Å². The molecule has 0 aliphatic heterocycles. The standard InChI is InChI=1S/C16H18ClNO3S/c1-12-7-8-14(11-13(12)2)22(19,20)18-9-10-21-16-6-4-3-5-15(16)17/h3-8,11,18H,9-10H2,1-2H3. The Labute approximate surface area is 136 Å². The van der Waals surface area contributed by atoms with Crippen LogP contribution in [0.25, 0.3) is 0 Å². The van der Waals surface area contributed by atoms with Crippen LogP contribution in [0, 0.1) is 13.8 Å². The van der Waals surface area contributed by atoms with Crippen molar-refractivity contribution in [2.45, 2.75) is 18.7 Å². The van der Waals surface area contributed by atoms with Crippen molar-refractivity contribution in [2.24, 2.45) is 0 Å². The van der Waals surface area contributed by atoms with Gasteiger partial charge in [-0.1, -0.05) is 29.8 Å². The van der Waals surface area contributed by atoms with Crippen LogP contribution in [0.5, 0.6) is 5.75 Å². The molecule has 6 heteroatoms. The van der Waals surface area contributed by atoms with Crippen LogP contribution in [0.1, 0.15) is 11.1 Å². The number of nitrogens with one attached hydrogen (secondary N) is 1. The van der Waals surface area contributed by atoms with Crippen molar-refractivity contribution in [3.63, 3.8) is 0 Å². The van der Waals surface area contributed by atoms with Gasteiger partial charge in [0.25, 0.3) is 0 Å². The predicted octanol–water partition coefficient (Wildman–Crippen LogP) is 3.31. The normalized spacial score (nSPS) is 11.4. The maximum Gasteiger partial charge on any atom is 0.240 e. The van der Waals surface area contributed by atoms with E-state index in [2.05, 4.69) is 4.72 Å². The molecular formula is C16H18ClNO3S. The molecule has 0 fully saturated rings. The van der Waals surface area contributed by atoms with Crippen LogP contribution in [0.15, 0.2) is 47.4 Å². The quantitative estimate of drug-likeness (QED) is 0.821. The minimum Gasteiger partial charge on any atom is -0.491 e. The molecule has 0 aliphatic rings. The van der Waals surface area contributed by atoms with Gasteiger partial charge in [0.2, 0.25) is 10.0 Å². The third-order valence-corrected chi connectivity index (χ3v) is 5.05. The van der Waals surface area contributed by atoms with E-state index in [4.69, 9.17) is 16.3 Å². The molecule has 0 radical (unpaired) electrons. The summed E-state index contributed by atoms with van der Waals surface area (Å²) in [5.74, 6) is 0.537. The third-order valence-electron chi connectivity index (χ3n) is 3.28. The lowest BCUT2D eigenvalue weighted by Gasteiger charge is -2.10. The number of para-hydroxylation sites is 1. The summed E-state index contributed by atoms with van der Waals surface area (Å²) in [6, 6.07) is 12.1. The molecule has 2 aromatic rings. The predicted molar refractivity (Wildman–Crippen MR) is 88.1 cm³/mol. The van der Waals surface area contributed by atoms with Gasteiger partial charge in [-0.3, -0.25) is 0 Å². The molecule has 22 heavy (non-hydrogen) atoms. The van der Waals surface area contributed by atoms with E-state index < -0.39 is 10.0 Å². The Kier molecular flexibility index (Phi) is 5.45. The Balaban J connectivity index is 1.93. The highest BCUT2D eigenvalue weighted by atomic mass is 35.5. The second kappa shape index (κ2) is 7.13. The summed E-state index contributed by atoms with van der Waals surface area (Å²) in [7, 11) is -3.53. The fourth-order valence-corrected chi connectivity index (χ4v) is 3.15. The van der Waals surface area contributed by atoms with Gasteiger partial charge >= 0.3 is 0 Å². The first-order valence-electron chi connectivity index (χ1n) is 6.84. The highest BCUT2D eigenvalue weighted by Gasteiger charge is 2.14. The maximum absolute atomic E-state index is 12.2. The number of rotatable bonds is 6. The molecule has 0 heterocycles. The molecule has 2 rings (SSSR count). The Morgan fingerprint density at radius 3 is 2.50 bits per heavy atom. The summed E-state index contributed by atoms with van der Waals surface area (Å²) < 4.78 is 32.3. The molecule has 0 aromatic heterocycles. The van der Waals surface area contributed by atoms with Gasteiger partial charge in [0.15, 0.2) is 0 Å². The van der Waals surface area contributed by atoms with Crippen LogP contribution >= 0.6 is 11.6 Å². The van der Waals surface area contributed by atoms with Crippen molar-refractivity contribution in [3.05, 3.63) is 58.6 Å². The zero-order valence-corrected chi connectivity index (χ0v) is 14.0. The van der Waals surface area contributed by atoms with Crippen LogP contribution in [0.3, 0.4) is 0 Å². The van der Waals surface area contributed by atoms with E-state index in [9.17, 15) is 8.42 Å². The highest BCUT2D eigenvalue weighted by molar-refractivity contribution is 7.89. The Hall–Kier alpha value is -1.56. The Morgan fingerprint density at radius 1 is 1.09 bits per heavy atom. The molecule has 0 atom stereocenters. The first-order chi connectivity index (χ1) is 10.4. The Bertz CT molecular complexity index is 760. The van der Waals surface area contributed by atoms with E-state index in [1.165, 1.54) is 0 Å². The van der Waals surface area contributed by atoms with Crippen LogP contribution in [-0.2, 0) is 10.0 Å². The SMILES string of the molecule is Cc1ccc(S(=O)(=O)NCCOc2ccccc2Cl)cc1C. The lowest BCUT2D eigenvalue weighted by Crippen LogP contribution is -2.28. The van der Waals surface area contributed by atoms with Gasteiger partial charge in [-0.25, -0.2) is 13.1 Å². The molecule has 0 spiro atoms. The average Bonchev–Trinajstić information content (AvgIpc) is 2.48. The van der Waals surface area contributed by atoms with E-state index in [0.29, 0.717) is 10.8 Å². The van der Waals surface area contributed by atoms with Crippen LogP contribution < -0.4 is 9.46 Å². The number of aryl methyl sites for hydroxylation is 2. The lowest BCUT2D eigenvalue weighted by atomic mass is 10.1. The molecule has 0 unspecified atom stereocenters. The van der Waals surface area contributed by atoms with E-state index in [1.807, 2.05) is 13.8 Å². The number of ether oxygens (including phenoxy) is 1. The van der Waals surface area contributed by atoms with Gasteiger partial charge in [0.05, 0.1) is 9.92 Å². The monoisotopic (exact) mass is 339 g/mol. The van der Waals surface area contributed by atoms with Crippen molar-refractivity contribution in [2.75, 3.05) is 13.2 Å². The number of sulfonamides is 1. The Morgan fingerprint density at radius 2 is 1.82 bits per heavy atom. The van der Waals surface area contributed by atoms with Gasteiger partial charge in [-0.2, -0.15) is 0 Å². The second-order valence-corrected chi connectivity index (χ2v) is 7.10. The van der Waals surface area contributed by atoms with Crippen molar-refractivity contribution in [1.82, 2.24) is 4.72 Å². The molecule has 0 amide bonds. The van der Waals surface area contributed by atoms with E-state index in [1.54, 1.807) is 42.5 Å². The molecule has 1 N–H and O–H groups in total. The first-order valence-corrected chi connectivity index (χ1v) is 8.70. The fourth-order valence-electron chi connectivity index (χ4n) is 1.86. The third kappa shape index (κ3) is 4.22. The number of halogens is 1. The maximum atomic E-state index is 12.2. The zero-order valence-electron chi connectivity index (χ0n) is 12.5. The molecule has 0 saturated carbocycles. The number of benzene rings is 2. The molecule has 0 saturated heterocycles. The molecule has 118 valence electrons. The molecule has 0 bridgehead atoms. The van der Waals surface area contributed by atoms with Crippen LogP contribution in [0.4, 0.5) is 0 Å². The van der Waals surface area contributed by atoms with E-state index in [-0.39, 0.29) is 18.0 Å². The first kappa shape index (κ1) is 16.8. The summed E-state index contributed by atoms with van der Waals surface area (Å²) >= 11 is 5.96. The zero-order chi connectivity index (χ0) is 16.2. The summed E-state index contributed by atoms with van der Waals surface area (Å²) in [5, 5.41) is 0.500. The minimum absolute atomic E-state index is 0.167. The summed E-state index contributed by atoms with van der Waals surface area (Å²) in [6.07, 6.45) is 0. The lowest BCUT2D eigenvalue weighted by molar-refractivity contribution is 0.323. The number of hydrogen-bond acceptors (Lipinski definition) is 3. The number of hydrogen-bond donors (Lipinski definition) is 1. The molecule has 0 aliphatic carbocycles. The van der Waals surface area contributed by atoms with Crippen molar-refractivity contribution in [3.8, 4) is 5.75 Å². The van der Waals surface area contributed by atoms with Crippen LogP contribution in [0.2, 0.25) is 5.02 Å². The van der Waals surface area contributed by atoms with Crippen LogP contribution in [-0.4, -0.2) is 21.6 Å². The molecule has 4 nitrogen and oxygen atoms in total. The largest absolute Gasteiger partial charge is 0.491 e. The van der Waals surface area contributed by atoms with E-state index >= 15 is 0 Å². The van der Waals surface area contributed by atoms with Gasteiger partial charge < -0.3 is 4.74 Å². The van der Waals surface area contributed by atoms with Gasteiger partial charge in [-0.05, 0) is 49.2 Å². The van der Waals surface area contributed by atoms with Gasteiger partial charge in [0, 0.05) is 6.54 Å². The van der Waals surface area contributed by atoms with Gasteiger partial charge in [0.1, 0.15) is 12.4 Å². The minimum atomic E-state index is -3.53. The highest BCUT2D eigenvalue weighted by Crippen LogP contribution is 2.22. The van der Waals surface area contributed by atoms with Crippen molar-refractivity contribution in [1.29, 1.82) is 0 Å². The van der Waals surface area contributed by atoms with Crippen molar-refractivity contribution < 1.29 is 13.2 Å². The average molecular weight is 340 g/mol. The summed E-state index contributed by atoms with van der Waals surface area (Å²) in [6.45, 7) is 4.19. The fraction of sp³-hybridized carbons (Fsp3) is 0.250. The topological polar surface area (TPSA) is 55.4 Å². The second-order valence-electron chi connectivity index (χ2n) is 4.92. The smallest absolute Gasteiger partial charge is 0.240 e. The summed E-state index contributed by atoms with van der Waals surface area (Å²) in [5.41, 5.74) is 2.00. The van der Waals surface area contributed by atoms with E-state index in [0.717, 1.165) is 11.1 Å². The summed E-state index contributed by atoms with van der Waals surface area (Å²) in [4.78, 5) is 0.258. The molecule has 2 aromatic carbocycles. The van der Waals surface area contributed by atoms with Gasteiger partial charge in [-0.15, -0.1) is 0 Å².